The summed E-state index contributed by atoms with van der Waals surface area (Å²) in [6.45, 7) is 4.02. The van der Waals surface area contributed by atoms with Crippen LogP contribution in [0.2, 0.25) is 0 Å². The minimum Gasteiger partial charge on any atom is -0.457 e. The first kappa shape index (κ1) is 21.7. The molecule has 32 heavy (non-hydrogen) atoms. The highest BCUT2D eigenvalue weighted by Gasteiger charge is 2.11. The smallest absolute Gasteiger partial charge is 0.255 e. The lowest BCUT2D eigenvalue weighted by atomic mass is 10.2. The average molecular weight is 488 g/mol. The lowest BCUT2D eigenvalue weighted by Gasteiger charge is -2.13. The van der Waals surface area contributed by atoms with Gasteiger partial charge in [-0.15, -0.1) is 0 Å². The average Bonchev–Trinajstić information content (AvgIpc) is 2.74. The number of halogens is 1. The van der Waals surface area contributed by atoms with Gasteiger partial charge in [0, 0.05) is 33.9 Å². The van der Waals surface area contributed by atoms with Crippen molar-refractivity contribution in [2.45, 2.75) is 13.8 Å². The lowest BCUT2D eigenvalue weighted by Crippen LogP contribution is -2.11. The van der Waals surface area contributed by atoms with Crippen molar-refractivity contribution in [3.63, 3.8) is 0 Å². The topological polar surface area (TPSA) is 47.6 Å². The minimum absolute atomic E-state index is 0.216. The molecule has 0 saturated heterocycles. The molecule has 0 bridgehead atoms. The van der Waals surface area contributed by atoms with Gasteiger partial charge in [-0.25, -0.2) is 0 Å². The van der Waals surface area contributed by atoms with Crippen LogP contribution in [0, 0.1) is 13.8 Å². The Morgan fingerprint density at radius 3 is 1.72 bits per heavy atom. The highest BCUT2D eigenvalue weighted by Crippen LogP contribution is 2.33. The molecule has 0 fully saturated rings. The van der Waals surface area contributed by atoms with Crippen molar-refractivity contribution in [1.29, 1.82) is 0 Å². The molecule has 1 N–H and O–H groups in total. The van der Waals surface area contributed by atoms with Gasteiger partial charge in [0.05, 0.1) is 0 Å². The fraction of sp³-hybridized carbons (Fsp3) is 0.0741. The van der Waals surface area contributed by atoms with E-state index in [1.165, 1.54) is 0 Å². The first-order chi connectivity index (χ1) is 15.4. The molecule has 4 aromatic rings. The van der Waals surface area contributed by atoms with E-state index in [4.69, 9.17) is 9.47 Å². The quantitative estimate of drug-likeness (QED) is 0.300. The molecule has 0 radical (unpaired) electrons. The van der Waals surface area contributed by atoms with E-state index in [1.807, 2.05) is 74.5 Å². The van der Waals surface area contributed by atoms with Crippen LogP contribution < -0.4 is 14.8 Å². The number of amides is 1. The van der Waals surface area contributed by atoms with Crippen molar-refractivity contribution >= 4 is 27.5 Å². The van der Waals surface area contributed by atoms with Crippen LogP contribution in [0.25, 0.3) is 0 Å². The van der Waals surface area contributed by atoms with E-state index in [2.05, 4.69) is 21.2 Å². The van der Waals surface area contributed by atoms with Gasteiger partial charge < -0.3 is 14.8 Å². The third kappa shape index (κ3) is 5.77. The van der Waals surface area contributed by atoms with E-state index in [0.717, 1.165) is 15.6 Å². The van der Waals surface area contributed by atoms with E-state index in [-0.39, 0.29) is 5.91 Å². The molecule has 0 spiro atoms. The zero-order valence-corrected chi connectivity index (χ0v) is 19.3. The van der Waals surface area contributed by atoms with Crippen LogP contribution in [0.15, 0.2) is 95.5 Å². The lowest BCUT2D eigenvalue weighted by molar-refractivity contribution is 0.102. The largest absolute Gasteiger partial charge is 0.457 e. The molecule has 0 atom stereocenters. The number of benzene rings is 4. The van der Waals surface area contributed by atoms with Gasteiger partial charge >= 0.3 is 0 Å². The first-order valence-electron chi connectivity index (χ1n) is 10.2. The summed E-state index contributed by atoms with van der Waals surface area (Å²) < 4.78 is 13.0. The number of hydrogen-bond donors (Lipinski definition) is 1. The molecule has 4 nitrogen and oxygen atoms in total. The van der Waals surface area contributed by atoms with E-state index < -0.39 is 0 Å². The van der Waals surface area contributed by atoms with Gasteiger partial charge in [0.15, 0.2) is 0 Å². The Morgan fingerprint density at radius 1 is 0.688 bits per heavy atom. The van der Waals surface area contributed by atoms with Gasteiger partial charge in [-0.05, 0) is 73.5 Å². The third-order valence-corrected chi connectivity index (χ3v) is 5.22. The predicted octanol–water partition coefficient (Wildman–Crippen LogP) is 7.90. The molecule has 0 heterocycles. The summed E-state index contributed by atoms with van der Waals surface area (Å²) in [4.78, 5) is 12.7. The predicted molar refractivity (Wildman–Crippen MR) is 131 cm³/mol. The molecule has 5 heteroatoms. The Labute approximate surface area is 196 Å². The van der Waals surface area contributed by atoms with Crippen LogP contribution in [-0.4, -0.2) is 5.91 Å². The van der Waals surface area contributed by atoms with E-state index in [1.54, 1.807) is 30.3 Å². The number of aryl methyl sites for hydroxylation is 2. The monoisotopic (exact) mass is 487 g/mol. The standard InChI is InChI=1S/C27H22BrNO3/c1-18-5-3-7-23(13-18)31-25-15-22(29-27(30)20-9-11-21(28)12-10-20)16-26(17-25)32-24-8-4-6-19(2)14-24/h3-17H,1-2H3,(H,29,30). The van der Waals surface area contributed by atoms with Gasteiger partial charge in [0.1, 0.15) is 23.0 Å². The number of carbonyl (C=O) groups excluding carboxylic acids is 1. The molecule has 1 amide bonds. The Bertz CT molecular complexity index is 1190. The molecular weight excluding hydrogens is 466 g/mol. The first-order valence-corrected chi connectivity index (χ1v) is 10.9. The van der Waals surface area contributed by atoms with Crippen molar-refractivity contribution in [1.82, 2.24) is 0 Å². The molecule has 4 aromatic carbocycles. The summed E-state index contributed by atoms with van der Waals surface area (Å²) in [5.74, 6) is 2.33. The van der Waals surface area contributed by atoms with Crippen LogP contribution in [0.4, 0.5) is 5.69 Å². The summed E-state index contributed by atoms with van der Waals surface area (Å²) in [5, 5.41) is 2.94. The normalized spacial score (nSPS) is 10.5. The molecule has 0 saturated carbocycles. The molecule has 160 valence electrons. The highest BCUT2D eigenvalue weighted by atomic mass is 79.9. The van der Waals surface area contributed by atoms with Gasteiger partial charge in [-0.2, -0.15) is 0 Å². The number of anilines is 1. The van der Waals surface area contributed by atoms with Crippen molar-refractivity contribution in [2.75, 3.05) is 5.32 Å². The van der Waals surface area contributed by atoms with Crippen LogP contribution in [0.3, 0.4) is 0 Å². The second-order valence-electron chi connectivity index (χ2n) is 7.49. The Hall–Kier alpha value is -3.57. The third-order valence-electron chi connectivity index (χ3n) is 4.69. The van der Waals surface area contributed by atoms with Gasteiger partial charge in [0.2, 0.25) is 0 Å². The number of ether oxygens (including phenoxy) is 2. The van der Waals surface area contributed by atoms with E-state index in [9.17, 15) is 4.79 Å². The molecule has 0 aliphatic rings. The maximum Gasteiger partial charge on any atom is 0.255 e. The second-order valence-corrected chi connectivity index (χ2v) is 8.41. The highest BCUT2D eigenvalue weighted by molar-refractivity contribution is 9.10. The molecule has 0 aromatic heterocycles. The molecule has 4 rings (SSSR count). The summed E-state index contributed by atoms with van der Waals surface area (Å²) in [7, 11) is 0. The van der Waals surface area contributed by atoms with Crippen molar-refractivity contribution in [3.05, 3.63) is 112 Å². The minimum atomic E-state index is -0.216. The van der Waals surface area contributed by atoms with Gasteiger partial charge in [-0.1, -0.05) is 40.2 Å². The maximum atomic E-state index is 12.7. The Kier molecular flexibility index (Phi) is 6.57. The number of hydrogen-bond acceptors (Lipinski definition) is 3. The van der Waals surface area contributed by atoms with Crippen LogP contribution >= 0.6 is 15.9 Å². The fourth-order valence-electron chi connectivity index (χ4n) is 3.20. The Balaban J connectivity index is 1.64. The van der Waals surface area contributed by atoms with Gasteiger partial charge in [-0.3, -0.25) is 4.79 Å². The molecular formula is C27H22BrNO3. The SMILES string of the molecule is Cc1cccc(Oc2cc(NC(=O)c3ccc(Br)cc3)cc(Oc3cccc(C)c3)c2)c1. The van der Waals surface area contributed by atoms with E-state index >= 15 is 0 Å². The maximum absolute atomic E-state index is 12.7. The Morgan fingerprint density at radius 2 is 1.22 bits per heavy atom. The van der Waals surface area contributed by atoms with Crippen LogP contribution in [0.5, 0.6) is 23.0 Å². The summed E-state index contributed by atoms with van der Waals surface area (Å²) in [6, 6.07) is 28.1. The molecule has 0 aliphatic heterocycles. The number of nitrogens with one attached hydrogen (secondary N) is 1. The zero-order valence-electron chi connectivity index (χ0n) is 17.8. The fourth-order valence-corrected chi connectivity index (χ4v) is 3.46. The van der Waals surface area contributed by atoms with E-state index in [0.29, 0.717) is 34.2 Å². The van der Waals surface area contributed by atoms with Crippen molar-refractivity contribution < 1.29 is 14.3 Å². The number of rotatable bonds is 6. The zero-order chi connectivity index (χ0) is 22.5. The summed E-state index contributed by atoms with van der Waals surface area (Å²) in [6.07, 6.45) is 0. The number of carbonyl (C=O) groups is 1. The van der Waals surface area contributed by atoms with Crippen LogP contribution in [0.1, 0.15) is 21.5 Å². The molecule has 0 aliphatic carbocycles. The summed E-state index contributed by atoms with van der Waals surface area (Å²) in [5.41, 5.74) is 3.32. The summed E-state index contributed by atoms with van der Waals surface area (Å²) >= 11 is 3.39. The molecule has 0 unspecified atom stereocenters. The van der Waals surface area contributed by atoms with Crippen molar-refractivity contribution in [3.8, 4) is 23.0 Å². The van der Waals surface area contributed by atoms with Crippen LogP contribution in [-0.2, 0) is 0 Å². The second kappa shape index (κ2) is 9.71. The van der Waals surface area contributed by atoms with Gasteiger partial charge in [0.25, 0.3) is 5.91 Å². The van der Waals surface area contributed by atoms with Crippen molar-refractivity contribution in [2.24, 2.45) is 0 Å².